The number of alkyl halides is 2. The van der Waals surface area contributed by atoms with Crippen molar-refractivity contribution in [3.63, 3.8) is 0 Å². The van der Waals surface area contributed by atoms with Crippen LogP contribution in [0.25, 0.3) is 0 Å². The third-order valence-electron chi connectivity index (χ3n) is 7.64. The highest BCUT2D eigenvalue weighted by Crippen LogP contribution is 2.37. The zero-order valence-corrected chi connectivity index (χ0v) is 22.0. The minimum Gasteiger partial charge on any atom is -0.393 e. The van der Waals surface area contributed by atoms with Crippen LogP contribution in [-0.2, 0) is 25.6 Å². The second-order valence-electron chi connectivity index (χ2n) is 10.1. The van der Waals surface area contributed by atoms with E-state index < -0.39 is 40.6 Å². The summed E-state index contributed by atoms with van der Waals surface area (Å²) >= 11 is 5.81. The third kappa shape index (κ3) is 4.39. The maximum atomic E-state index is 15.2. The van der Waals surface area contributed by atoms with Crippen LogP contribution in [0, 0.1) is 0 Å². The Bertz CT molecular complexity index is 1330. The van der Waals surface area contributed by atoms with E-state index in [2.05, 4.69) is 5.32 Å². The second kappa shape index (κ2) is 9.38. The number of fused-ring (bicyclic) bond motifs is 1. The number of halogens is 3. The number of carbonyl (C=O) groups is 4. The van der Waals surface area contributed by atoms with Gasteiger partial charge >= 0.3 is 5.92 Å². The summed E-state index contributed by atoms with van der Waals surface area (Å²) in [6.45, 7) is 0. The molecule has 0 bridgehead atoms. The van der Waals surface area contributed by atoms with E-state index in [0.717, 1.165) is 16.9 Å². The zero-order chi connectivity index (χ0) is 27.4. The summed E-state index contributed by atoms with van der Waals surface area (Å²) in [5, 5.41) is 1.40. The lowest BCUT2D eigenvalue weighted by molar-refractivity contribution is -0.155. The molecule has 0 spiro atoms. The maximum absolute atomic E-state index is 15.2. The van der Waals surface area contributed by atoms with Crippen LogP contribution in [-0.4, -0.2) is 78.7 Å². The Morgan fingerprint density at radius 1 is 1.11 bits per heavy atom. The van der Waals surface area contributed by atoms with Gasteiger partial charge in [-0.1, -0.05) is 35.3 Å². The van der Waals surface area contributed by atoms with Crippen LogP contribution >= 0.6 is 11.6 Å². The Morgan fingerprint density at radius 2 is 1.73 bits per heavy atom. The largest absolute Gasteiger partial charge is 0.393 e. The number of nitrogens with zero attached hydrogens (tertiary/aromatic N) is 2. The van der Waals surface area contributed by atoms with E-state index in [4.69, 9.17) is 11.6 Å². The van der Waals surface area contributed by atoms with Crippen LogP contribution in [0.2, 0.25) is 5.02 Å². The molecule has 0 radical (unpaired) electrons. The number of piperidine rings is 1. The number of rotatable bonds is 5. The molecule has 1 saturated heterocycles. The molecule has 37 heavy (non-hydrogen) atoms. The summed E-state index contributed by atoms with van der Waals surface area (Å²) in [4.78, 5) is 52.9. The van der Waals surface area contributed by atoms with Crippen LogP contribution in [0.3, 0.4) is 0 Å². The van der Waals surface area contributed by atoms with Crippen molar-refractivity contribution < 1.29 is 28.0 Å². The van der Waals surface area contributed by atoms with E-state index in [0.29, 0.717) is 22.2 Å². The van der Waals surface area contributed by atoms with Gasteiger partial charge in [0.25, 0.3) is 11.8 Å². The molecule has 1 N–H and O–H groups in total. The van der Waals surface area contributed by atoms with Gasteiger partial charge in [0.1, 0.15) is 37.4 Å². The zero-order valence-electron chi connectivity index (χ0n) is 21.2. The molecule has 186 valence electrons. The van der Waals surface area contributed by atoms with Crippen LogP contribution in [0.1, 0.15) is 45.8 Å². The van der Waals surface area contributed by atoms with Gasteiger partial charge in [-0.3, -0.25) is 24.5 Å². The topological polar surface area (TPSA) is 86.8 Å². The normalized spacial score (nSPS) is 20.0. The SMILES string of the molecule is Bc1c(C(B)(B)N(B)C(=O)C(F)(F)c2ccc(Cl)cc2)ccc2c1C(B)N(C1CCC(=O)NC1=O)C2=O. The number of carbonyl (C=O) groups excluding carboxylic acids is 4. The molecule has 0 saturated carbocycles. The third-order valence-corrected chi connectivity index (χ3v) is 7.89. The molecule has 2 aliphatic heterocycles. The van der Waals surface area contributed by atoms with Crippen molar-refractivity contribution >= 4 is 80.1 Å². The molecule has 1 fully saturated rings. The van der Waals surface area contributed by atoms with E-state index in [-0.39, 0.29) is 29.7 Å². The molecule has 2 atom stereocenters. The van der Waals surface area contributed by atoms with Crippen LogP contribution in [0.5, 0.6) is 0 Å². The quantitative estimate of drug-likeness (QED) is 0.337. The van der Waals surface area contributed by atoms with Crippen LogP contribution in [0.15, 0.2) is 36.4 Å². The summed E-state index contributed by atoms with van der Waals surface area (Å²) in [5.74, 6) is -6.87. The molecule has 4 amide bonds. The van der Waals surface area contributed by atoms with Gasteiger partial charge in [-0.2, -0.15) is 8.78 Å². The number of benzene rings is 2. The lowest BCUT2D eigenvalue weighted by Gasteiger charge is -2.41. The minimum absolute atomic E-state index is 0.134. The fourth-order valence-electron chi connectivity index (χ4n) is 5.36. The van der Waals surface area contributed by atoms with E-state index in [1.807, 2.05) is 0 Å². The first-order chi connectivity index (χ1) is 17.2. The summed E-state index contributed by atoms with van der Waals surface area (Å²) in [7, 11) is 8.22. The Hall–Kier alpha value is -3.01. The van der Waals surface area contributed by atoms with Gasteiger partial charge in [0.15, 0.2) is 0 Å². The van der Waals surface area contributed by atoms with Crippen molar-refractivity contribution in [1.82, 2.24) is 15.0 Å². The van der Waals surface area contributed by atoms with Crippen molar-refractivity contribution in [2.45, 2.75) is 36.1 Å². The molecule has 0 aliphatic carbocycles. The van der Waals surface area contributed by atoms with E-state index >= 15 is 8.78 Å². The Labute approximate surface area is 222 Å². The molecular formula is C22H23B5ClF2N3O4. The number of imide groups is 1. The highest BCUT2D eigenvalue weighted by Gasteiger charge is 2.48. The molecule has 15 heteroatoms. The second-order valence-corrected chi connectivity index (χ2v) is 10.5. The van der Waals surface area contributed by atoms with Gasteiger partial charge in [-0.05, 0) is 41.1 Å². The Balaban J connectivity index is 1.67. The summed E-state index contributed by atoms with van der Waals surface area (Å²) in [6, 6.07) is 7.35. The summed E-state index contributed by atoms with van der Waals surface area (Å²) < 4.78 is 30.4. The number of amides is 4. The molecule has 2 aliphatic rings. The molecule has 2 aromatic rings. The van der Waals surface area contributed by atoms with Crippen molar-refractivity contribution in [3.05, 3.63) is 63.7 Å². The van der Waals surface area contributed by atoms with Crippen molar-refractivity contribution in [2.24, 2.45) is 0 Å². The fraction of sp³-hybridized carbons (Fsp3) is 0.273. The van der Waals surface area contributed by atoms with Gasteiger partial charge in [-0.15, -0.1) is 0 Å². The van der Waals surface area contributed by atoms with Crippen molar-refractivity contribution in [1.29, 1.82) is 0 Å². The smallest absolute Gasteiger partial charge is 0.348 e. The van der Waals surface area contributed by atoms with Gasteiger partial charge < -0.3 is 9.71 Å². The van der Waals surface area contributed by atoms with Crippen LogP contribution < -0.4 is 10.8 Å². The molecule has 7 nitrogen and oxygen atoms in total. The number of hydrogen-bond acceptors (Lipinski definition) is 4. The molecule has 2 heterocycles. The predicted molar refractivity (Wildman–Crippen MR) is 148 cm³/mol. The van der Waals surface area contributed by atoms with Crippen molar-refractivity contribution in [2.75, 3.05) is 0 Å². The lowest BCUT2D eigenvalue weighted by Crippen LogP contribution is -2.55. The van der Waals surface area contributed by atoms with Gasteiger partial charge in [0.2, 0.25) is 19.8 Å². The molecule has 2 unspecified atom stereocenters. The first-order valence-corrected chi connectivity index (χ1v) is 12.3. The average molecular weight is 521 g/mol. The molecule has 2 aromatic carbocycles. The monoisotopic (exact) mass is 521 g/mol. The Kier molecular flexibility index (Phi) is 6.86. The molecule has 4 rings (SSSR count). The van der Waals surface area contributed by atoms with E-state index in [9.17, 15) is 19.2 Å². The molecule has 0 aromatic heterocycles. The molecular weight excluding hydrogens is 498 g/mol. The fourth-order valence-corrected chi connectivity index (χ4v) is 5.48. The number of hydrogen-bond donors (Lipinski definition) is 1. The maximum Gasteiger partial charge on any atom is 0.348 e. The lowest BCUT2D eigenvalue weighted by atomic mass is 9.53. The Morgan fingerprint density at radius 3 is 2.32 bits per heavy atom. The van der Waals surface area contributed by atoms with Crippen molar-refractivity contribution in [3.8, 4) is 0 Å². The van der Waals surface area contributed by atoms with Crippen LogP contribution in [0.4, 0.5) is 8.78 Å². The van der Waals surface area contributed by atoms with E-state index in [1.165, 1.54) is 25.0 Å². The van der Waals surface area contributed by atoms with E-state index in [1.54, 1.807) is 43.5 Å². The standard InChI is InChI=1S/C22H23B5ClF2N3O4/c23-16-12(22(25,26)33(27)20(37)21(29,30)9-1-3-10(28)4-2-9)6-5-11-15(16)17(24)32(19(11)36)13-7-8-14(34)31-18(13)35/h1-6,13,17H,7-8,23-27H2,(H,31,34,35). The highest BCUT2D eigenvalue weighted by molar-refractivity contribution is 6.47. The van der Waals surface area contributed by atoms with Gasteiger partial charge in [0.05, 0.1) is 0 Å². The summed E-state index contributed by atoms with van der Waals surface area (Å²) in [6.07, 6.45) is 0.360. The predicted octanol–water partition coefficient (Wildman–Crippen LogP) is -2.96. The highest BCUT2D eigenvalue weighted by atomic mass is 35.5. The summed E-state index contributed by atoms with van der Waals surface area (Å²) in [5.41, 5.74) is 1.89. The van der Waals surface area contributed by atoms with Gasteiger partial charge in [0, 0.05) is 28.5 Å². The average Bonchev–Trinajstić information content (AvgIpc) is 3.09. The number of nitrogens with one attached hydrogen (secondary N) is 1. The first-order valence-electron chi connectivity index (χ1n) is 11.9. The minimum atomic E-state index is -3.78. The first kappa shape index (κ1) is 27.0. The van der Waals surface area contributed by atoms with Gasteiger partial charge in [-0.25, -0.2) is 0 Å².